The van der Waals surface area contributed by atoms with Crippen LogP contribution in [0.5, 0.6) is 0 Å². The van der Waals surface area contributed by atoms with Crippen LogP contribution in [0, 0.1) is 6.92 Å². The number of primary amides is 1. The summed E-state index contributed by atoms with van der Waals surface area (Å²) in [5, 5.41) is 11.9. The van der Waals surface area contributed by atoms with Gasteiger partial charge in [0.1, 0.15) is 5.82 Å². The molecule has 2 heterocycles. The van der Waals surface area contributed by atoms with Gasteiger partial charge in [0.2, 0.25) is 0 Å². The minimum atomic E-state index is -1.02. The number of rotatable bonds is 5. The number of nitrogens with zero attached hydrogens (tertiary/aromatic N) is 2. The Bertz CT molecular complexity index is 700. The Morgan fingerprint density at radius 2 is 2.10 bits per heavy atom. The number of carbonyl (C=O) groups excluding carboxylic acids is 1. The van der Waals surface area contributed by atoms with Gasteiger partial charge in [-0.2, -0.15) is 0 Å². The minimum absolute atomic E-state index is 0.147. The molecule has 7 heteroatoms. The Labute approximate surface area is 120 Å². The van der Waals surface area contributed by atoms with Crippen molar-refractivity contribution in [2.45, 2.75) is 13.5 Å². The van der Waals surface area contributed by atoms with Gasteiger partial charge >= 0.3 is 5.97 Å². The third kappa shape index (κ3) is 3.53. The Morgan fingerprint density at radius 1 is 1.33 bits per heavy atom. The maximum atomic E-state index is 11.3. The van der Waals surface area contributed by atoms with Gasteiger partial charge in [-0.3, -0.25) is 9.78 Å². The average molecular weight is 286 g/mol. The fourth-order valence-electron chi connectivity index (χ4n) is 1.77. The number of carboxylic acids is 1. The number of anilines is 1. The molecular weight excluding hydrogens is 272 g/mol. The molecular formula is C14H14N4O3. The van der Waals surface area contributed by atoms with E-state index in [4.69, 9.17) is 10.8 Å². The molecule has 0 aromatic carbocycles. The fourth-order valence-corrected chi connectivity index (χ4v) is 1.77. The molecule has 0 saturated heterocycles. The number of hydrogen-bond acceptors (Lipinski definition) is 5. The minimum Gasteiger partial charge on any atom is -0.478 e. The number of pyridine rings is 2. The summed E-state index contributed by atoms with van der Waals surface area (Å²) in [6.45, 7) is 2.02. The van der Waals surface area contributed by atoms with E-state index in [2.05, 4.69) is 15.3 Å². The van der Waals surface area contributed by atoms with Crippen molar-refractivity contribution in [1.29, 1.82) is 0 Å². The van der Waals surface area contributed by atoms with Crippen molar-refractivity contribution in [3.63, 3.8) is 0 Å². The van der Waals surface area contributed by atoms with E-state index < -0.39 is 11.9 Å². The number of carboxylic acid groups (broad SMARTS) is 1. The topological polar surface area (TPSA) is 118 Å². The lowest BCUT2D eigenvalue weighted by Gasteiger charge is -2.09. The first-order chi connectivity index (χ1) is 9.97. The van der Waals surface area contributed by atoms with E-state index in [1.54, 1.807) is 19.1 Å². The molecule has 0 aliphatic rings. The predicted octanol–water partition coefficient (Wildman–Crippen LogP) is 1.19. The SMILES string of the molecule is Cc1ccc(C(N)=O)c(NCc2cc(C(=O)O)ccn2)n1. The normalized spacial score (nSPS) is 10.1. The molecule has 4 N–H and O–H groups in total. The zero-order valence-electron chi connectivity index (χ0n) is 11.3. The Kier molecular flexibility index (Phi) is 4.13. The van der Waals surface area contributed by atoms with Gasteiger partial charge in [-0.1, -0.05) is 0 Å². The second-order valence-corrected chi connectivity index (χ2v) is 4.41. The van der Waals surface area contributed by atoms with Crippen LogP contribution in [0.2, 0.25) is 0 Å². The fraction of sp³-hybridized carbons (Fsp3) is 0.143. The number of carbonyl (C=O) groups is 2. The lowest BCUT2D eigenvalue weighted by molar-refractivity contribution is 0.0696. The number of aromatic nitrogens is 2. The lowest BCUT2D eigenvalue weighted by Crippen LogP contribution is -2.16. The number of nitrogens with two attached hydrogens (primary N) is 1. The zero-order valence-corrected chi connectivity index (χ0v) is 11.3. The molecule has 0 radical (unpaired) electrons. The van der Waals surface area contributed by atoms with Crippen LogP contribution in [0.15, 0.2) is 30.5 Å². The van der Waals surface area contributed by atoms with E-state index in [0.717, 1.165) is 5.69 Å². The predicted molar refractivity (Wildman–Crippen MR) is 76.0 cm³/mol. The van der Waals surface area contributed by atoms with E-state index >= 15 is 0 Å². The van der Waals surface area contributed by atoms with Crippen molar-refractivity contribution in [2.75, 3.05) is 5.32 Å². The summed E-state index contributed by atoms with van der Waals surface area (Å²) < 4.78 is 0. The van der Waals surface area contributed by atoms with Gasteiger partial charge in [0.15, 0.2) is 0 Å². The van der Waals surface area contributed by atoms with Crippen LogP contribution in [0.3, 0.4) is 0 Å². The van der Waals surface area contributed by atoms with E-state index in [-0.39, 0.29) is 17.7 Å². The molecule has 2 rings (SSSR count). The van der Waals surface area contributed by atoms with Crippen molar-refractivity contribution in [3.8, 4) is 0 Å². The molecule has 0 fully saturated rings. The summed E-state index contributed by atoms with van der Waals surface area (Å²) in [6, 6.07) is 6.14. The second kappa shape index (κ2) is 6.00. The lowest BCUT2D eigenvalue weighted by atomic mass is 10.2. The highest BCUT2D eigenvalue weighted by Gasteiger charge is 2.10. The number of nitrogens with one attached hydrogen (secondary N) is 1. The molecule has 7 nitrogen and oxygen atoms in total. The van der Waals surface area contributed by atoms with Crippen molar-refractivity contribution >= 4 is 17.7 Å². The van der Waals surface area contributed by atoms with Gasteiger partial charge in [0, 0.05) is 11.9 Å². The molecule has 0 spiro atoms. The third-order valence-electron chi connectivity index (χ3n) is 2.80. The molecule has 2 aromatic heterocycles. The van der Waals surface area contributed by atoms with Crippen LogP contribution in [0.1, 0.15) is 32.1 Å². The van der Waals surface area contributed by atoms with Crippen LogP contribution < -0.4 is 11.1 Å². The first-order valence-electron chi connectivity index (χ1n) is 6.17. The molecule has 1 amide bonds. The first-order valence-corrected chi connectivity index (χ1v) is 6.17. The average Bonchev–Trinajstić information content (AvgIpc) is 2.45. The summed E-state index contributed by atoms with van der Waals surface area (Å²) in [4.78, 5) is 30.5. The van der Waals surface area contributed by atoms with Crippen LogP contribution >= 0.6 is 0 Å². The standard InChI is InChI=1S/C14H14N4O3/c1-8-2-3-11(12(15)19)13(18-8)17-7-10-6-9(14(20)21)4-5-16-10/h2-6H,7H2,1H3,(H2,15,19)(H,17,18)(H,20,21). The van der Waals surface area contributed by atoms with Crippen LogP contribution in [0.4, 0.5) is 5.82 Å². The van der Waals surface area contributed by atoms with E-state index in [0.29, 0.717) is 11.5 Å². The van der Waals surface area contributed by atoms with E-state index in [1.165, 1.54) is 18.3 Å². The molecule has 0 aliphatic carbocycles. The number of hydrogen-bond donors (Lipinski definition) is 3. The van der Waals surface area contributed by atoms with Crippen LogP contribution in [0.25, 0.3) is 0 Å². The summed E-state index contributed by atoms with van der Waals surface area (Å²) in [5.74, 6) is -1.26. The zero-order chi connectivity index (χ0) is 15.4. The number of amides is 1. The molecule has 2 aromatic rings. The first kappa shape index (κ1) is 14.4. The summed E-state index contributed by atoms with van der Waals surface area (Å²) in [7, 11) is 0. The van der Waals surface area contributed by atoms with E-state index in [1.807, 2.05) is 0 Å². The van der Waals surface area contributed by atoms with Crippen molar-refractivity contribution in [1.82, 2.24) is 9.97 Å². The van der Waals surface area contributed by atoms with E-state index in [9.17, 15) is 9.59 Å². The third-order valence-corrected chi connectivity index (χ3v) is 2.80. The summed E-state index contributed by atoms with van der Waals surface area (Å²) >= 11 is 0. The summed E-state index contributed by atoms with van der Waals surface area (Å²) in [6.07, 6.45) is 1.42. The van der Waals surface area contributed by atoms with Crippen molar-refractivity contribution in [3.05, 3.63) is 53.0 Å². The Morgan fingerprint density at radius 3 is 2.76 bits per heavy atom. The Hall–Kier alpha value is -2.96. The van der Waals surface area contributed by atoms with Gasteiger partial charge < -0.3 is 16.2 Å². The monoisotopic (exact) mass is 286 g/mol. The number of aryl methyl sites for hydroxylation is 1. The summed E-state index contributed by atoms with van der Waals surface area (Å²) in [5.41, 5.74) is 6.96. The molecule has 0 bridgehead atoms. The molecule has 21 heavy (non-hydrogen) atoms. The molecule has 108 valence electrons. The molecule has 0 aliphatic heterocycles. The van der Waals surface area contributed by atoms with Crippen molar-refractivity contribution in [2.24, 2.45) is 5.73 Å². The molecule has 0 unspecified atom stereocenters. The quantitative estimate of drug-likeness (QED) is 0.759. The largest absolute Gasteiger partial charge is 0.478 e. The Balaban J connectivity index is 2.20. The van der Waals surface area contributed by atoms with Gasteiger partial charge in [-0.05, 0) is 31.2 Å². The second-order valence-electron chi connectivity index (χ2n) is 4.41. The number of aromatic carboxylic acids is 1. The van der Waals surface area contributed by atoms with Gasteiger partial charge in [0.25, 0.3) is 5.91 Å². The maximum absolute atomic E-state index is 11.3. The smallest absolute Gasteiger partial charge is 0.335 e. The van der Waals surface area contributed by atoms with Crippen LogP contribution in [-0.2, 0) is 6.54 Å². The highest BCUT2D eigenvalue weighted by Crippen LogP contribution is 2.14. The van der Waals surface area contributed by atoms with Gasteiger partial charge in [-0.15, -0.1) is 0 Å². The highest BCUT2D eigenvalue weighted by molar-refractivity contribution is 5.97. The van der Waals surface area contributed by atoms with Gasteiger partial charge in [0.05, 0.1) is 23.4 Å². The highest BCUT2D eigenvalue weighted by atomic mass is 16.4. The maximum Gasteiger partial charge on any atom is 0.335 e. The van der Waals surface area contributed by atoms with Gasteiger partial charge in [-0.25, -0.2) is 9.78 Å². The molecule has 0 atom stereocenters. The van der Waals surface area contributed by atoms with Crippen molar-refractivity contribution < 1.29 is 14.7 Å². The molecule has 0 saturated carbocycles. The van der Waals surface area contributed by atoms with Crippen LogP contribution in [-0.4, -0.2) is 27.0 Å².